The minimum absolute atomic E-state index is 0.0294. The maximum atomic E-state index is 12.8. The number of benzene rings is 3. The number of hydrogen-bond acceptors (Lipinski definition) is 3. The molecule has 154 valence electrons. The first kappa shape index (κ1) is 20.0. The number of carbonyl (C=O) groups is 2. The molecule has 4 rings (SSSR count). The molecular formula is C25H26N2O3. The van der Waals surface area contributed by atoms with Crippen molar-refractivity contribution in [1.82, 2.24) is 5.32 Å². The second-order valence-corrected chi connectivity index (χ2v) is 7.54. The maximum absolute atomic E-state index is 12.8. The van der Waals surface area contributed by atoms with Crippen LogP contribution in [0, 0.1) is 0 Å². The standard InChI is InChI=1S/C25H26N2O3/c1-30-20-14-12-18(13-15-20)6-4-16-26-23(28)11-5-17-27-22-10-3-8-19-7-2-9-21(24(19)22)25(27)29/h2-3,7-10,12-15H,4-6,11,16-17H2,1H3,(H,26,28). The Bertz CT molecular complexity index is 1050. The summed E-state index contributed by atoms with van der Waals surface area (Å²) in [5.41, 5.74) is 2.94. The van der Waals surface area contributed by atoms with Crippen molar-refractivity contribution in [3.63, 3.8) is 0 Å². The van der Waals surface area contributed by atoms with E-state index < -0.39 is 0 Å². The molecule has 0 bridgehead atoms. The summed E-state index contributed by atoms with van der Waals surface area (Å²) >= 11 is 0. The van der Waals surface area contributed by atoms with Gasteiger partial charge in [0.15, 0.2) is 0 Å². The average molecular weight is 402 g/mol. The van der Waals surface area contributed by atoms with Crippen molar-refractivity contribution in [2.45, 2.75) is 25.7 Å². The third kappa shape index (κ3) is 4.15. The molecule has 1 aliphatic heterocycles. The number of ether oxygens (including phenoxy) is 1. The van der Waals surface area contributed by atoms with Crippen molar-refractivity contribution in [2.75, 3.05) is 25.1 Å². The monoisotopic (exact) mass is 402 g/mol. The molecule has 3 aromatic carbocycles. The van der Waals surface area contributed by atoms with Gasteiger partial charge in [-0.2, -0.15) is 0 Å². The number of anilines is 1. The summed E-state index contributed by atoms with van der Waals surface area (Å²) in [7, 11) is 1.66. The molecule has 30 heavy (non-hydrogen) atoms. The van der Waals surface area contributed by atoms with Gasteiger partial charge < -0.3 is 15.0 Å². The molecule has 0 spiro atoms. The third-order valence-electron chi connectivity index (χ3n) is 5.56. The van der Waals surface area contributed by atoms with Crippen molar-refractivity contribution in [3.8, 4) is 5.75 Å². The van der Waals surface area contributed by atoms with Crippen LogP contribution in [0.25, 0.3) is 10.8 Å². The van der Waals surface area contributed by atoms with Crippen LogP contribution in [0.4, 0.5) is 5.69 Å². The number of hydrogen-bond donors (Lipinski definition) is 1. The lowest BCUT2D eigenvalue weighted by molar-refractivity contribution is -0.121. The van der Waals surface area contributed by atoms with Gasteiger partial charge in [-0.05, 0) is 54.5 Å². The van der Waals surface area contributed by atoms with Gasteiger partial charge in [0.25, 0.3) is 5.91 Å². The van der Waals surface area contributed by atoms with Crippen molar-refractivity contribution >= 4 is 28.3 Å². The first-order valence-electron chi connectivity index (χ1n) is 10.4. The summed E-state index contributed by atoms with van der Waals surface area (Å²) in [6.45, 7) is 1.20. The number of carbonyl (C=O) groups excluding carboxylic acids is 2. The summed E-state index contributed by atoms with van der Waals surface area (Å²) in [4.78, 5) is 26.7. The predicted octanol–water partition coefficient (Wildman–Crippen LogP) is 4.34. The van der Waals surface area contributed by atoms with Crippen molar-refractivity contribution < 1.29 is 14.3 Å². The largest absolute Gasteiger partial charge is 0.497 e. The molecule has 0 aliphatic carbocycles. The van der Waals surface area contributed by atoms with Gasteiger partial charge >= 0.3 is 0 Å². The molecule has 3 aromatic rings. The Morgan fingerprint density at radius 1 is 1.00 bits per heavy atom. The Hall–Kier alpha value is -3.34. The van der Waals surface area contributed by atoms with Crippen LogP contribution in [0.2, 0.25) is 0 Å². The number of nitrogens with one attached hydrogen (secondary N) is 1. The Labute approximate surface area is 176 Å². The summed E-state index contributed by atoms with van der Waals surface area (Å²) < 4.78 is 5.16. The van der Waals surface area contributed by atoms with E-state index in [1.807, 2.05) is 60.7 Å². The van der Waals surface area contributed by atoms with Crippen LogP contribution >= 0.6 is 0 Å². The van der Waals surface area contributed by atoms with E-state index in [1.54, 1.807) is 12.0 Å². The molecular weight excluding hydrogens is 376 g/mol. The smallest absolute Gasteiger partial charge is 0.258 e. The minimum atomic E-state index is 0.0294. The number of aryl methyl sites for hydroxylation is 1. The fourth-order valence-electron chi connectivity index (χ4n) is 4.00. The van der Waals surface area contributed by atoms with Crippen LogP contribution in [0.1, 0.15) is 35.2 Å². The zero-order valence-electron chi connectivity index (χ0n) is 17.2. The number of methoxy groups -OCH3 is 1. The van der Waals surface area contributed by atoms with Crippen LogP contribution in [0.5, 0.6) is 5.75 Å². The normalized spacial score (nSPS) is 12.4. The fourth-order valence-corrected chi connectivity index (χ4v) is 4.00. The molecule has 5 heteroatoms. The lowest BCUT2D eigenvalue weighted by Gasteiger charge is -2.17. The zero-order valence-corrected chi connectivity index (χ0v) is 17.2. The van der Waals surface area contributed by atoms with E-state index in [4.69, 9.17) is 4.74 Å². The highest BCUT2D eigenvalue weighted by molar-refractivity contribution is 6.25. The molecule has 1 heterocycles. The maximum Gasteiger partial charge on any atom is 0.258 e. The Morgan fingerprint density at radius 3 is 2.53 bits per heavy atom. The van der Waals surface area contributed by atoms with Crippen molar-refractivity contribution in [2.24, 2.45) is 0 Å². The molecule has 0 radical (unpaired) electrons. The molecule has 0 unspecified atom stereocenters. The second kappa shape index (κ2) is 8.99. The molecule has 2 amide bonds. The van der Waals surface area contributed by atoms with Crippen LogP contribution in [0.15, 0.2) is 60.7 Å². The molecule has 0 saturated carbocycles. The van der Waals surface area contributed by atoms with Gasteiger partial charge in [0.1, 0.15) is 5.75 Å². The van der Waals surface area contributed by atoms with E-state index in [2.05, 4.69) is 5.32 Å². The number of rotatable bonds is 9. The van der Waals surface area contributed by atoms with Crippen LogP contribution in [-0.2, 0) is 11.2 Å². The Balaban J connectivity index is 1.21. The fraction of sp³-hybridized carbons (Fsp3) is 0.280. The molecule has 0 fully saturated rings. The summed E-state index contributed by atoms with van der Waals surface area (Å²) in [6.07, 6.45) is 2.86. The van der Waals surface area contributed by atoms with E-state index in [1.165, 1.54) is 5.56 Å². The highest BCUT2D eigenvalue weighted by Gasteiger charge is 2.28. The average Bonchev–Trinajstić information content (AvgIpc) is 3.05. The molecule has 5 nitrogen and oxygen atoms in total. The van der Waals surface area contributed by atoms with E-state index >= 15 is 0 Å². The first-order valence-corrected chi connectivity index (χ1v) is 10.4. The zero-order chi connectivity index (χ0) is 20.9. The number of nitrogens with zero attached hydrogens (tertiary/aromatic N) is 1. The quantitative estimate of drug-likeness (QED) is 0.542. The molecule has 0 aromatic heterocycles. The van der Waals surface area contributed by atoms with Gasteiger partial charge in [-0.3, -0.25) is 9.59 Å². The molecule has 0 saturated heterocycles. The van der Waals surface area contributed by atoms with E-state index in [0.29, 0.717) is 25.9 Å². The second-order valence-electron chi connectivity index (χ2n) is 7.54. The van der Waals surface area contributed by atoms with Gasteiger partial charge in [-0.15, -0.1) is 0 Å². The van der Waals surface area contributed by atoms with E-state index in [0.717, 1.165) is 40.6 Å². The van der Waals surface area contributed by atoms with Gasteiger partial charge in [-0.1, -0.05) is 36.4 Å². The van der Waals surface area contributed by atoms with E-state index in [9.17, 15) is 9.59 Å². The van der Waals surface area contributed by atoms with Crippen LogP contribution in [0.3, 0.4) is 0 Å². The van der Waals surface area contributed by atoms with Gasteiger partial charge in [0, 0.05) is 30.5 Å². The van der Waals surface area contributed by atoms with Crippen molar-refractivity contribution in [1.29, 1.82) is 0 Å². The van der Waals surface area contributed by atoms with Crippen LogP contribution < -0.4 is 15.0 Å². The Morgan fingerprint density at radius 2 is 1.77 bits per heavy atom. The Kier molecular flexibility index (Phi) is 5.98. The predicted molar refractivity (Wildman–Crippen MR) is 119 cm³/mol. The SMILES string of the molecule is COc1ccc(CCCNC(=O)CCCN2C(=O)c3cccc4cccc2c34)cc1. The highest BCUT2D eigenvalue weighted by atomic mass is 16.5. The van der Waals surface area contributed by atoms with Gasteiger partial charge in [0.2, 0.25) is 5.91 Å². The van der Waals surface area contributed by atoms with Crippen LogP contribution in [-0.4, -0.2) is 32.0 Å². The van der Waals surface area contributed by atoms with Crippen molar-refractivity contribution in [3.05, 3.63) is 71.8 Å². The van der Waals surface area contributed by atoms with E-state index in [-0.39, 0.29) is 11.8 Å². The minimum Gasteiger partial charge on any atom is -0.497 e. The highest BCUT2D eigenvalue weighted by Crippen LogP contribution is 2.37. The summed E-state index contributed by atoms with van der Waals surface area (Å²) in [6, 6.07) is 19.8. The molecule has 0 atom stereocenters. The molecule has 1 N–H and O–H groups in total. The lowest BCUT2D eigenvalue weighted by Crippen LogP contribution is -2.30. The topological polar surface area (TPSA) is 58.6 Å². The lowest BCUT2D eigenvalue weighted by atomic mass is 10.1. The third-order valence-corrected chi connectivity index (χ3v) is 5.56. The summed E-state index contributed by atoms with van der Waals surface area (Å²) in [5.74, 6) is 0.914. The molecule has 1 aliphatic rings. The van der Waals surface area contributed by atoms with Gasteiger partial charge in [-0.25, -0.2) is 0 Å². The summed E-state index contributed by atoms with van der Waals surface area (Å²) in [5, 5.41) is 5.08. The van der Waals surface area contributed by atoms with Gasteiger partial charge in [0.05, 0.1) is 12.8 Å². The first-order chi connectivity index (χ1) is 14.7. The number of amides is 2.